The van der Waals surface area contributed by atoms with Crippen molar-refractivity contribution in [3.8, 4) is 0 Å². The average molecular weight is 165 g/mol. The van der Waals surface area contributed by atoms with E-state index in [1.54, 1.807) is 0 Å². The minimum absolute atomic E-state index is 1.10. The number of hydrogen-bond donors (Lipinski definition) is 0. The second kappa shape index (κ2) is 5.76. The first kappa shape index (κ1) is 11.2. The van der Waals surface area contributed by atoms with Crippen LogP contribution in [-0.4, -0.2) is 4.98 Å². The van der Waals surface area contributed by atoms with Gasteiger partial charge in [-0.15, -0.1) is 0 Å². The topological polar surface area (TPSA) is 12.9 Å². The third-order valence-electron chi connectivity index (χ3n) is 1.49. The quantitative estimate of drug-likeness (QED) is 0.574. The molecule has 1 heterocycles. The molecule has 0 bridgehead atoms. The van der Waals surface area contributed by atoms with Crippen molar-refractivity contribution in [3.63, 3.8) is 0 Å². The Bertz CT molecular complexity index is 228. The standard InChI is InChI=1S/C8H11N.C3H8/c1-6-4-5-7(2)9-8(6)3;1-3-2/h4-5H,1-3H3;3H2,1-2H3. The second-order valence-corrected chi connectivity index (χ2v) is 3.06. The fourth-order valence-electron chi connectivity index (χ4n) is 0.756. The van der Waals surface area contributed by atoms with E-state index in [4.69, 9.17) is 0 Å². The van der Waals surface area contributed by atoms with Crippen molar-refractivity contribution in [1.29, 1.82) is 0 Å². The van der Waals surface area contributed by atoms with E-state index in [0.29, 0.717) is 0 Å². The third-order valence-corrected chi connectivity index (χ3v) is 1.49. The number of aryl methyl sites for hydroxylation is 3. The maximum absolute atomic E-state index is 4.27. The van der Waals surface area contributed by atoms with Crippen molar-refractivity contribution in [1.82, 2.24) is 4.98 Å². The first-order valence-corrected chi connectivity index (χ1v) is 4.52. The first-order valence-electron chi connectivity index (χ1n) is 4.52. The number of nitrogens with zero attached hydrogens (tertiary/aromatic N) is 1. The summed E-state index contributed by atoms with van der Waals surface area (Å²) in [6.07, 6.45) is 1.25. The Morgan fingerprint density at radius 2 is 1.58 bits per heavy atom. The fourth-order valence-corrected chi connectivity index (χ4v) is 0.756. The average Bonchev–Trinajstić information content (AvgIpc) is 1.99. The van der Waals surface area contributed by atoms with Crippen LogP contribution in [0.15, 0.2) is 12.1 Å². The van der Waals surface area contributed by atoms with Crippen LogP contribution in [0.4, 0.5) is 0 Å². The van der Waals surface area contributed by atoms with Crippen LogP contribution >= 0.6 is 0 Å². The Hall–Kier alpha value is -0.850. The minimum Gasteiger partial charge on any atom is -0.258 e. The number of pyridine rings is 1. The lowest BCUT2D eigenvalue weighted by Gasteiger charge is -1.97. The highest BCUT2D eigenvalue weighted by molar-refractivity contribution is 5.19. The van der Waals surface area contributed by atoms with Crippen LogP contribution in [-0.2, 0) is 0 Å². The maximum Gasteiger partial charge on any atom is 0.0404 e. The summed E-state index contributed by atoms with van der Waals surface area (Å²) < 4.78 is 0. The Morgan fingerprint density at radius 3 is 1.92 bits per heavy atom. The van der Waals surface area contributed by atoms with Crippen LogP contribution in [0.1, 0.15) is 37.2 Å². The molecule has 1 rings (SSSR count). The van der Waals surface area contributed by atoms with E-state index in [9.17, 15) is 0 Å². The summed E-state index contributed by atoms with van der Waals surface area (Å²) >= 11 is 0. The predicted molar refractivity (Wildman–Crippen MR) is 54.4 cm³/mol. The number of rotatable bonds is 0. The van der Waals surface area contributed by atoms with Crippen LogP contribution in [0.5, 0.6) is 0 Å². The molecule has 0 amide bonds. The Balaban J connectivity index is 0.000000354. The molecule has 1 heteroatoms. The maximum atomic E-state index is 4.27. The molecule has 0 spiro atoms. The molecule has 0 aromatic carbocycles. The zero-order valence-electron chi connectivity index (χ0n) is 8.81. The van der Waals surface area contributed by atoms with Crippen molar-refractivity contribution in [2.24, 2.45) is 0 Å². The summed E-state index contributed by atoms with van der Waals surface area (Å²) in [7, 11) is 0. The monoisotopic (exact) mass is 165 g/mol. The molecule has 68 valence electrons. The Morgan fingerprint density at radius 1 is 1.08 bits per heavy atom. The van der Waals surface area contributed by atoms with Gasteiger partial charge in [0.2, 0.25) is 0 Å². The van der Waals surface area contributed by atoms with E-state index in [0.717, 1.165) is 11.4 Å². The fraction of sp³-hybridized carbons (Fsp3) is 0.545. The Kier molecular flexibility index (Phi) is 5.35. The molecule has 1 aromatic heterocycles. The van der Waals surface area contributed by atoms with Crippen LogP contribution in [0.25, 0.3) is 0 Å². The highest BCUT2D eigenvalue weighted by Crippen LogP contribution is 2.02. The summed E-state index contributed by atoms with van der Waals surface area (Å²) in [5, 5.41) is 0. The van der Waals surface area contributed by atoms with Gasteiger partial charge in [-0.3, -0.25) is 4.98 Å². The van der Waals surface area contributed by atoms with Crippen molar-refractivity contribution < 1.29 is 0 Å². The molecule has 0 fully saturated rings. The van der Waals surface area contributed by atoms with Gasteiger partial charge in [-0.05, 0) is 32.4 Å². The highest BCUT2D eigenvalue weighted by Gasteiger charge is 1.90. The number of hydrogen-bond acceptors (Lipinski definition) is 1. The molecule has 1 nitrogen and oxygen atoms in total. The summed E-state index contributed by atoms with van der Waals surface area (Å²) in [6.45, 7) is 10.4. The SMILES string of the molecule is CCC.Cc1ccc(C)c(C)n1. The van der Waals surface area contributed by atoms with Crippen molar-refractivity contribution in [2.75, 3.05) is 0 Å². The van der Waals surface area contributed by atoms with Crippen LogP contribution in [0, 0.1) is 20.8 Å². The van der Waals surface area contributed by atoms with E-state index < -0.39 is 0 Å². The molecule has 0 unspecified atom stereocenters. The van der Waals surface area contributed by atoms with E-state index in [1.165, 1.54) is 12.0 Å². The number of aromatic nitrogens is 1. The van der Waals surface area contributed by atoms with E-state index in [-0.39, 0.29) is 0 Å². The Labute approximate surface area is 75.8 Å². The second-order valence-electron chi connectivity index (χ2n) is 3.06. The normalized spacial score (nSPS) is 8.75. The van der Waals surface area contributed by atoms with E-state index in [2.05, 4.69) is 31.8 Å². The lowest BCUT2D eigenvalue weighted by atomic mass is 10.2. The van der Waals surface area contributed by atoms with Gasteiger partial charge in [0, 0.05) is 11.4 Å². The summed E-state index contributed by atoms with van der Waals surface area (Å²) in [6, 6.07) is 4.12. The zero-order chi connectivity index (χ0) is 9.56. The van der Waals surface area contributed by atoms with Gasteiger partial charge in [-0.1, -0.05) is 26.3 Å². The van der Waals surface area contributed by atoms with E-state index >= 15 is 0 Å². The van der Waals surface area contributed by atoms with Gasteiger partial charge in [0.15, 0.2) is 0 Å². The van der Waals surface area contributed by atoms with Gasteiger partial charge < -0.3 is 0 Å². The van der Waals surface area contributed by atoms with Crippen LogP contribution < -0.4 is 0 Å². The molecule has 0 N–H and O–H groups in total. The molecule has 0 aliphatic heterocycles. The molecule has 0 saturated heterocycles. The van der Waals surface area contributed by atoms with Crippen molar-refractivity contribution in [2.45, 2.75) is 41.0 Å². The van der Waals surface area contributed by atoms with Crippen molar-refractivity contribution in [3.05, 3.63) is 29.1 Å². The van der Waals surface area contributed by atoms with Gasteiger partial charge >= 0.3 is 0 Å². The van der Waals surface area contributed by atoms with Gasteiger partial charge in [-0.2, -0.15) is 0 Å². The largest absolute Gasteiger partial charge is 0.258 e. The molecule has 0 saturated carbocycles. The molecule has 0 aliphatic carbocycles. The smallest absolute Gasteiger partial charge is 0.0404 e. The molecule has 1 aromatic rings. The summed E-state index contributed by atoms with van der Waals surface area (Å²) in [5.74, 6) is 0. The highest BCUT2D eigenvalue weighted by atomic mass is 14.7. The molecular formula is C11H19N. The summed E-state index contributed by atoms with van der Waals surface area (Å²) in [5.41, 5.74) is 3.49. The lowest BCUT2D eigenvalue weighted by molar-refractivity contribution is 1.09. The molecule has 0 radical (unpaired) electrons. The minimum atomic E-state index is 1.10. The third kappa shape index (κ3) is 4.12. The van der Waals surface area contributed by atoms with Gasteiger partial charge in [0.1, 0.15) is 0 Å². The molecule has 0 aliphatic rings. The first-order chi connectivity index (χ1) is 5.61. The van der Waals surface area contributed by atoms with Gasteiger partial charge in [0.05, 0.1) is 0 Å². The van der Waals surface area contributed by atoms with Crippen molar-refractivity contribution >= 4 is 0 Å². The predicted octanol–water partition coefficient (Wildman–Crippen LogP) is 3.42. The van der Waals surface area contributed by atoms with Gasteiger partial charge in [0.25, 0.3) is 0 Å². The molecule has 12 heavy (non-hydrogen) atoms. The van der Waals surface area contributed by atoms with Gasteiger partial charge in [-0.25, -0.2) is 0 Å². The lowest BCUT2D eigenvalue weighted by Crippen LogP contribution is -1.87. The summed E-state index contributed by atoms with van der Waals surface area (Å²) in [4.78, 5) is 4.27. The van der Waals surface area contributed by atoms with E-state index in [1.807, 2.05) is 19.9 Å². The molecular weight excluding hydrogens is 146 g/mol. The van der Waals surface area contributed by atoms with Crippen LogP contribution in [0.3, 0.4) is 0 Å². The molecule has 0 atom stereocenters. The van der Waals surface area contributed by atoms with Crippen LogP contribution in [0.2, 0.25) is 0 Å². The zero-order valence-corrected chi connectivity index (χ0v) is 8.81.